The second-order valence-electron chi connectivity index (χ2n) is 4.25. The smallest absolute Gasteiger partial charge is 0.144 e. The van der Waals surface area contributed by atoms with Gasteiger partial charge in [0.2, 0.25) is 0 Å². The summed E-state index contributed by atoms with van der Waals surface area (Å²) in [5.74, 6) is -0.238. The summed E-state index contributed by atoms with van der Waals surface area (Å²) >= 11 is 0. The quantitative estimate of drug-likeness (QED) is 0.845. The van der Waals surface area contributed by atoms with Gasteiger partial charge in [-0.3, -0.25) is 4.98 Å². The van der Waals surface area contributed by atoms with E-state index < -0.39 is 0 Å². The number of aromatic nitrogens is 1. The number of methoxy groups -OCH3 is 1. The second kappa shape index (κ2) is 4.89. The van der Waals surface area contributed by atoms with Crippen LogP contribution in [0.4, 0.5) is 4.39 Å². The number of rotatable bonds is 3. The van der Waals surface area contributed by atoms with Crippen molar-refractivity contribution >= 4 is 0 Å². The van der Waals surface area contributed by atoms with Gasteiger partial charge in [-0.1, -0.05) is 0 Å². The van der Waals surface area contributed by atoms with Gasteiger partial charge in [0.1, 0.15) is 5.82 Å². The van der Waals surface area contributed by atoms with Gasteiger partial charge in [0.05, 0.1) is 11.3 Å². The predicted molar refractivity (Wildman–Crippen MR) is 59.7 cm³/mol. The molecule has 1 fully saturated rings. The molecule has 1 saturated heterocycles. The number of hydrogen-bond acceptors (Lipinski definition) is 3. The minimum Gasteiger partial charge on any atom is -0.378 e. The maximum atomic E-state index is 13.5. The van der Waals surface area contributed by atoms with Crippen LogP contribution in [0, 0.1) is 5.82 Å². The van der Waals surface area contributed by atoms with Crippen molar-refractivity contribution in [2.24, 2.45) is 0 Å². The first-order valence-electron chi connectivity index (χ1n) is 5.61. The highest BCUT2D eigenvalue weighted by Crippen LogP contribution is 2.27. The zero-order valence-electron chi connectivity index (χ0n) is 9.50. The van der Waals surface area contributed by atoms with Crippen LogP contribution in [0.5, 0.6) is 0 Å². The molecule has 16 heavy (non-hydrogen) atoms. The van der Waals surface area contributed by atoms with Crippen molar-refractivity contribution in [1.82, 2.24) is 10.3 Å². The van der Waals surface area contributed by atoms with Crippen molar-refractivity contribution in [3.05, 3.63) is 29.8 Å². The van der Waals surface area contributed by atoms with Crippen LogP contribution >= 0.6 is 0 Å². The number of ether oxygens (including phenoxy) is 1. The Morgan fingerprint density at radius 1 is 1.50 bits per heavy atom. The van der Waals surface area contributed by atoms with Gasteiger partial charge in [0.15, 0.2) is 0 Å². The Hall–Kier alpha value is -1.00. The molecule has 0 bridgehead atoms. The largest absolute Gasteiger partial charge is 0.378 e. The summed E-state index contributed by atoms with van der Waals surface area (Å²) in [6.45, 7) is 1.84. The Kier molecular flexibility index (Phi) is 3.51. The van der Waals surface area contributed by atoms with Gasteiger partial charge in [0.25, 0.3) is 0 Å². The number of pyridine rings is 1. The zero-order valence-corrected chi connectivity index (χ0v) is 9.50. The van der Waals surface area contributed by atoms with Crippen LogP contribution in [0.25, 0.3) is 0 Å². The van der Waals surface area contributed by atoms with Crippen LogP contribution < -0.4 is 5.32 Å². The van der Waals surface area contributed by atoms with E-state index in [1.165, 1.54) is 6.07 Å². The van der Waals surface area contributed by atoms with Gasteiger partial charge in [0, 0.05) is 19.7 Å². The highest BCUT2D eigenvalue weighted by atomic mass is 19.1. The summed E-state index contributed by atoms with van der Waals surface area (Å²) in [6.07, 6.45) is 3.99. The SMILES string of the molecule is COC1(Cc2ncccc2F)CCNCC1. The van der Waals surface area contributed by atoms with E-state index in [4.69, 9.17) is 4.74 Å². The molecule has 1 aliphatic heterocycles. The Balaban J connectivity index is 2.15. The molecule has 3 nitrogen and oxygen atoms in total. The average molecular weight is 224 g/mol. The first-order valence-corrected chi connectivity index (χ1v) is 5.61. The summed E-state index contributed by atoms with van der Waals surface area (Å²) in [7, 11) is 1.70. The third-order valence-electron chi connectivity index (χ3n) is 3.27. The van der Waals surface area contributed by atoms with Crippen LogP contribution in [-0.2, 0) is 11.2 Å². The lowest BCUT2D eigenvalue weighted by Gasteiger charge is -2.36. The highest BCUT2D eigenvalue weighted by molar-refractivity contribution is 5.11. The van der Waals surface area contributed by atoms with E-state index in [0.717, 1.165) is 25.9 Å². The molecule has 0 aliphatic carbocycles. The van der Waals surface area contributed by atoms with Gasteiger partial charge in [-0.05, 0) is 38.1 Å². The standard InChI is InChI=1S/C12H17FN2O/c1-16-12(4-7-14-8-5-12)9-11-10(13)3-2-6-15-11/h2-3,6,14H,4-5,7-9H2,1H3. The second-order valence-corrected chi connectivity index (χ2v) is 4.25. The number of nitrogens with zero attached hydrogens (tertiary/aromatic N) is 1. The molecule has 0 unspecified atom stereocenters. The molecule has 0 radical (unpaired) electrons. The Bertz CT molecular complexity index is 351. The normalized spacial score (nSPS) is 19.6. The molecule has 1 N–H and O–H groups in total. The molecule has 0 atom stereocenters. The molecule has 0 spiro atoms. The molecule has 1 aromatic heterocycles. The third kappa shape index (κ3) is 2.39. The van der Waals surface area contributed by atoms with Crippen LogP contribution in [-0.4, -0.2) is 30.8 Å². The molecule has 0 saturated carbocycles. The molecule has 1 aromatic rings. The zero-order chi connectivity index (χ0) is 11.4. The molecule has 2 rings (SSSR count). The average Bonchev–Trinajstić information content (AvgIpc) is 2.33. The first kappa shape index (κ1) is 11.5. The molecule has 2 heterocycles. The first-order chi connectivity index (χ1) is 7.76. The fraction of sp³-hybridized carbons (Fsp3) is 0.583. The van der Waals surface area contributed by atoms with E-state index in [0.29, 0.717) is 12.1 Å². The molecular weight excluding hydrogens is 207 g/mol. The molecule has 88 valence electrons. The van der Waals surface area contributed by atoms with Crippen LogP contribution in [0.15, 0.2) is 18.3 Å². The molecule has 1 aliphatic rings. The van der Waals surface area contributed by atoms with E-state index in [9.17, 15) is 4.39 Å². The van der Waals surface area contributed by atoms with Gasteiger partial charge in [-0.25, -0.2) is 4.39 Å². The minimum atomic E-state index is -0.250. The van der Waals surface area contributed by atoms with Crippen molar-refractivity contribution in [3.8, 4) is 0 Å². The van der Waals surface area contributed by atoms with Gasteiger partial charge < -0.3 is 10.1 Å². The Morgan fingerprint density at radius 2 is 2.25 bits per heavy atom. The van der Waals surface area contributed by atoms with E-state index in [2.05, 4.69) is 10.3 Å². The van der Waals surface area contributed by atoms with Crippen LogP contribution in [0.1, 0.15) is 18.5 Å². The molecule has 0 amide bonds. The highest BCUT2D eigenvalue weighted by Gasteiger charge is 2.33. The fourth-order valence-corrected chi connectivity index (χ4v) is 2.19. The fourth-order valence-electron chi connectivity index (χ4n) is 2.19. The maximum Gasteiger partial charge on any atom is 0.144 e. The lowest BCUT2D eigenvalue weighted by Crippen LogP contribution is -2.45. The Labute approximate surface area is 95.0 Å². The van der Waals surface area contributed by atoms with Crippen molar-refractivity contribution in [1.29, 1.82) is 0 Å². The Morgan fingerprint density at radius 3 is 2.88 bits per heavy atom. The van der Waals surface area contributed by atoms with E-state index >= 15 is 0 Å². The van der Waals surface area contributed by atoms with Gasteiger partial charge in [-0.15, -0.1) is 0 Å². The van der Waals surface area contributed by atoms with Crippen molar-refractivity contribution in [2.75, 3.05) is 20.2 Å². The number of nitrogens with one attached hydrogen (secondary N) is 1. The van der Waals surface area contributed by atoms with Crippen molar-refractivity contribution < 1.29 is 9.13 Å². The van der Waals surface area contributed by atoms with Crippen molar-refractivity contribution in [2.45, 2.75) is 24.9 Å². The van der Waals surface area contributed by atoms with Crippen molar-refractivity contribution in [3.63, 3.8) is 0 Å². The van der Waals surface area contributed by atoms with E-state index in [1.807, 2.05) is 0 Å². The van der Waals surface area contributed by atoms with Gasteiger partial charge >= 0.3 is 0 Å². The third-order valence-corrected chi connectivity index (χ3v) is 3.27. The lowest BCUT2D eigenvalue weighted by atomic mass is 9.87. The van der Waals surface area contributed by atoms with E-state index in [1.54, 1.807) is 19.4 Å². The monoisotopic (exact) mass is 224 g/mol. The van der Waals surface area contributed by atoms with Crippen LogP contribution in [0.2, 0.25) is 0 Å². The lowest BCUT2D eigenvalue weighted by molar-refractivity contribution is -0.0346. The predicted octanol–water partition coefficient (Wildman–Crippen LogP) is 1.53. The number of hydrogen-bond donors (Lipinski definition) is 1. The molecular formula is C12H17FN2O. The summed E-state index contributed by atoms with van der Waals surface area (Å²) in [5, 5.41) is 3.28. The number of halogens is 1. The molecule has 0 aromatic carbocycles. The molecule has 4 heteroatoms. The summed E-state index contributed by atoms with van der Waals surface area (Å²) in [5.41, 5.74) is 0.256. The maximum absolute atomic E-state index is 13.5. The van der Waals surface area contributed by atoms with E-state index in [-0.39, 0.29) is 11.4 Å². The summed E-state index contributed by atoms with van der Waals surface area (Å²) < 4.78 is 19.1. The summed E-state index contributed by atoms with van der Waals surface area (Å²) in [6, 6.07) is 3.06. The number of piperidine rings is 1. The summed E-state index contributed by atoms with van der Waals surface area (Å²) in [4.78, 5) is 4.09. The minimum absolute atomic E-state index is 0.238. The topological polar surface area (TPSA) is 34.1 Å². The van der Waals surface area contributed by atoms with Crippen LogP contribution in [0.3, 0.4) is 0 Å². The van der Waals surface area contributed by atoms with Gasteiger partial charge in [-0.2, -0.15) is 0 Å².